The number of carboxylic acid groups (broad SMARTS) is 1. The van der Waals surface area contributed by atoms with E-state index in [1.165, 1.54) is 4.57 Å². The van der Waals surface area contributed by atoms with Crippen molar-refractivity contribution in [2.45, 2.75) is 13.0 Å². The Labute approximate surface area is 168 Å². The molecule has 0 saturated heterocycles. The zero-order chi connectivity index (χ0) is 20.2. The number of ether oxygens (including phenoxy) is 2. The van der Waals surface area contributed by atoms with Gasteiger partial charge in [-0.15, -0.1) is 0 Å². The van der Waals surface area contributed by atoms with E-state index in [4.69, 9.17) is 9.47 Å². The summed E-state index contributed by atoms with van der Waals surface area (Å²) < 4.78 is 12.6. The second-order valence-corrected chi connectivity index (χ2v) is 6.76. The normalized spacial score (nSPS) is 10.8. The highest BCUT2D eigenvalue weighted by atomic mass is 16.5. The van der Waals surface area contributed by atoms with Gasteiger partial charge < -0.3 is 14.6 Å². The molecule has 0 amide bonds. The molecule has 4 rings (SSSR count). The Hall–Kier alpha value is -3.73. The molecule has 0 bridgehead atoms. The van der Waals surface area contributed by atoms with Crippen molar-refractivity contribution in [3.63, 3.8) is 0 Å². The summed E-state index contributed by atoms with van der Waals surface area (Å²) in [7, 11) is 1.63. The first kappa shape index (κ1) is 18.6. The van der Waals surface area contributed by atoms with E-state index >= 15 is 0 Å². The van der Waals surface area contributed by atoms with Crippen molar-refractivity contribution in [2.75, 3.05) is 7.11 Å². The van der Waals surface area contributed by atoms with Crippen LogP contribution in [-0.4, -0.2) is 22.9 Å². The van der Waals surface area contributed by atoms with Gasteiger partial charge in [0.15, 0.2) is 0 Å². The number of hydrogen-bond donors (Lipinski definition) is 1. The van der Waals surface area contributed by atoms with Gasteiger partial charge in [-0.2, -0.15) is 0 Å². The van der Waals surface area contributed by atoms with Crippen molar-refractivity contribution in [1.29, 1.82) is 0 Å². The van der Waals surface area contributed by atoms with Crippen LogP contribution in [0, 0.1) is 0 Å². The predicted octanol–water partition coefficient (Wildman–Crippen LogP) is 5.35. The lowest BCUT2D eigenvalue weighted by Crippen LogP contribution is -2.05. The molecule has 0 fully saturated rings. The van der Waals surface area contributed by atoms with Crippen LogP contribution in [0.4, 0.5) is 4.79 Å². The highest BCUT2D eigenvalue weighted by Gasteiger charge is 2.17. The standard InChI is InChI=1S/C24H21NO4/c1-28-20-12-10-17(11-13-20)14-19-15-25(24(26)27)21-8-5-9-22(23(19)21)29-16-18-6-3-2-4-7-18/h2-13,15H,14,16H2,1H3,(H,26,27). The summed E-state index contributed by atoms with van der Waals surface area (Å²) in [5.41, 5.74) is 3.63. The number of benzene rings is 3. The smallest absolute Gasteiger partial charge is 0.416 e. The molecule has 0 radical (unpaired) electrons. The molecular weight excluding hydrogens is 366 g/mol. The fraction of sp³-hybridized carbons (Fsp3) is 0.125. The third-order valence-corrected chi connectivity index (χ3v) is 4.87. The van der Waals surface area contributed by atoms with E-state index in [1.807, 2.05) is 66.7 Å². The van der Waals surface area contributed by atoms with Crippen LogP contribution in [0.15, 0.2) is 79.0 Å². The van der Waals surface area contributed by atoms with Crippen LogP contribution in [0.3, 0.4) is 0 Å². The van der Waals surface area contributed by atoms with E-state index in [1.54, 1.807) is 19.4 Å². The van der Waals surface area contributed by atoms with Crippen molar-refractivity contribution in [1.82, 2.24) is 4.57 Å². The lowest BCUT2D eigenvalue weighted by atomic mass is 10.0. The van der Waals surface area contributed by atoms with Crippen LogP contribution in [0.5, 0.6) is 11.5 Å². The summed E-state index contributed by atoms with van der Waals surface area (Å²) in [5, 5.41) is 10.5. The molecule has 146 valence electrons. The molecule has 4 aromatic rings. The van der Waals surface area contributed by atoms with Crippen LogP contribution in [0.2, 0.25) is 0 Å². The van der Waals surface area contributed by atoms with E-state index in [-0.39, 0.29) is 0 Å². The third-order valence-electron chi connectivity index (χ3n) is 4.87. The Kier molecular flexibility index (Phi) is 5.20. The van der Waals surface area contributed by atoms with Gasteiger partial charge in [0, 0.05) is 11.6 Å². The van der Waals surface area contributed by atoms with E-state index in [2.05, 4.69) is 0 Å². The quantitative estimate of drug-likeness (QED) is 0.485. The van der Waals surface area contributed by atoms with Crippen molar-refractivity contribution in [2.24, 2.45) is 0 Å². The van der Waals surface area contributed by atoms with Gasteiger partial charge in [0.25, 0.3) is 0 Å². The second-order valence-electron chi connectivity index (χ2n) is 6.76. The summed E-state index contributed by atoms with van der Waals surface area (Å²) >= 11 is 0. The lowest BCUT2D eigenvalue weighted by Gasteiger charge is -2.10. The molecular formula is C24H21NO4. The largest absolute Gasteiger partial charge is 0.497 e. The minimum atomic E-state index is -1.02. The molecule has 5 heteroatoms. The van der Waals surface area contributed by atoms with Gasteiger partial charge in [-0.1, -0.05) is 48.5 Å². The maximum atomic E-state index is 11.8. The van der Waals surface area contributed by atoms with E-state index in [9.17, 15) is 9.90 Å². The summed E-state index contributed by atoms with van der Waals surface area (Å²) in [6.07, 6.45) is 1.25. The molecule has 0 spiro atoms. The molecule has 0 unspecified atom stereocenters. The van der Waals surface area contributed by atoms with Crippen molar-refractivity contribution in [3.05, 3.63) is 95.7 Å². The fourth-order valence-corrected chi connectivity index (χ4v) is 3.44. The average molecular weight is 387 g/mol. The van der Waals surface area contributed by atoms with Crippen molar-refractivity contribution < 1.29 is 19.4 Å². The number of hydrogen-bond acceptors (Lipinski definition) is 3. The molecule has 29 heavy (non-hydrogen) atoms. The Morgan fingerprint density at radius 1 is 0.931 bits per heavy atom. The summed E-state index contributed by atoms with van der Waals surface area (Å²) in [6.45, 7) is 0.417. The molecule has 0 aliphatic carbocycles. The van der Waals surface area contributed by atoms with E-state index in [0.717, 1.165) is 27.8 Å². The number of fused-ring (bicyclic) bond motifs is 1. The van der Waals surface area contributed by atoms with Crippen LogP contribution in [0.25, 0.3) is 10.9 Å². The number of aromatic nitrogens is 1. The molecule has 0 atom stereocenters. The Balaban J connectivity index is 1.72. The summed E-state index contributed by atoms with van der Waals surface area (Å²) in [4.78, 5) is 11.8. The zero-order valence-electron chi connectivity index (χ0n) is 16.0. The maximum Gasteiger partial charge on any atom is 0.416 e. The highest BCUT2D eigenvalue weighted by Crippen LogP contribution is 2.33. The Bertz CT molecular complexity index is 1130. The molecule has 0 aliphatic heterocycles. The number of carbonyl (C=O) groups is 1. The molecule has 1 aromatic heterocycles. The Morgan fingerprint density at radius 2 is 1.69 bits per heavy atom. The molecule has 1 heterocycles. The average Bonchev–Trinajstić information content (AvgIpc) is 3.13. The van der Waals surface area contributed by atoms with Gasteiger partial charge in [-0.3, -0.25) is 4.57 Å². The van der Waals surface area contributed by atoms with Gasteiger partial charge in [0.2, 0.25) is 0 Å². The van der Waals surface area contributed by atoms with Crippen LogP contribution in [0.1, 0.15) is 16.7 Å². The predicted molar refractivity (Wildman–Crippen MR) is 112 cm³/mol. The van der Waals surface area contributed by atoms with E-state index < -0.39 is 6.09 Å². The van der Waals surface area contributed by atoms with Crippen LogP contribution in [-0.2, 0) is 13.0 Å². The minimum Gasteiger partial charge on any atom is -0.497 e. The van der Waals surface area contributed by atoms with Gasteiger partial charge in [0.1, 0.15) is 18.1 Å². The van der Waals surface area contributed by atoms with Crippen LogP contribution < -0.4 is 9.47 Å². The van der Waals surface area contributed by atoms with Gasteiger partial charge in [0.05, 0.1) is 12.6 Å². The van der Waals surface area contributed by atoms with E-state index in [0.29, 0.717) is 24.3 Å². The molecule has 3 aromatic carbocycles. The molecule has 0 aliphatic rings. The maximum absolute atomic E-state index is 11.8. The molecule has 0 saturated carbocycles. The second kappa shape index (κ2) is 8.10. The van der Waals surface area contributed by atoms with Crippen molar-refractivity contribution >= 4 is 17.0 Å². The summed E-state index contributed by atoms with van der Waals surface area (Å²) in [5.74, 6) is 1.46. The Morgan fingerprint density at radius 3 is 2.38 bits per heavy atom. The van der Waals surface area contributed by atoms with Gasteiger partial charge in [-0.25, -0.2) is 4.79 Å². The summed E-state index contributed by atoms with van der Waals surface area (Å²) in [6, 6.07) is 23.2. The van der Waals surface area contributed by atoms with Gasteiger partial charge >= 0.3 is 6.09 Å². The third kappa shape index (κ3) is 3.94. The molecule has 1 N–H and O–H groups in total. The highest BCUT2D eigenvalue weighted by molar-refractivity contribution is 5.95. The fourth-order valence-electron chi connectivity index (χ4n) is 3.44. The molecule has 5 nitrogen and oxygen atoms in total. The van der Waals surface area contributed by atoms with Crippen molar-refractivity contribution in [3.8, 4) is 11.5 Å². The number of nitrogens with zero attached hydrogens (tertiary/aromatic N) is 1. The first-order chi connectivity index (χ1) is 14.2. The topological polar surface area (TPSA) is 60.7 Å². The monoisotopic (exact) mass is 387 g/mol. The number of methoxy groups -OCH3 is 1. The first-order valence-corrected chi connectivity index (χ1v) is 9.31. The lowest BCUT2D eigenvalue weighted by molar-refractivity contribution is 0.197. The zero-order valence-corrected chi connectivity index (χ0v) is 16.0. The van der Waals surface area contributed by atoms with Gasteiger partial charge in [-0.05, 0) is 47.4 Å². The SMILES string of the molecule is COc1ccc(Cc2cn(C(=O)O)c3cccc(OCc4ccccc4)c23)cc1. The van der Waals surface area contributed by atoms with Crippen LogP contribution >= 0.6 is 0 Å². The minimum absolute atomic E-state index is 0.417. The first-order valence-electron chi connectivity index (χ1n) is 9.31. The number of rotatable bonds is 6.